The van der Waals surface area contributed by atoms with Crippen LogP contribution in [-0.4, -0.2) is 65.5 Å². The minimum Gasteiger partial charge on any atom is -0.322 e. The van der Waals surface area contributed by atoms with Crippen molar-refractivity contribution in [3.63, 3.8) is 0 Å². The molecule has 1 aromatic heterocycles. The molecule has 1 aromatic carbocycles. The second-order valence-corrected chi connectivity index (χ2v) is 10.0. The Hall–Kier alpha value is -1.65. The summed E-state index contributed by atoms with van der Waals surface area (Å²) in [4.78, 5) is 14.6. The molecule has 1 amide bonds. The van der Waals surface area contributed by atoms with Crippen molar-refractivity contribution in [1.29, 1.82) is 0 Å². The van der Waals surface area contributed by atoms with Gasteiger partial charge in [0.15, 0.2) is 0 Å². The smallest absolute Gasteiger partial charge is 0.246 e. The van der Waals surface area contributed by atoms with Gasteiger partial charge in [0.25, 0.3) is 0 Å². The summed E-state index contributed by atoms with van der Waals surface area (Å²) in [5.74, 6) is -0.153. The van der Waals surface area contributed by atoms with E-state index in [2.05, 4.69) is 10.4 Å². The van der Waals surface area contributed by atoms with Crippen molar-refractivity contribution in [2.24, 2.45) is 7.05 Å². The number of aromatic nitrogens is 2. The number of amides is 1. The third-order valence-corrected chi connectivity index (χ3v) is 8.33. The monoisotopic (exact) mass is 473 g/mol. The van der Waals surface area contributed by atoms with E-state index in [1.165, 1.54) is 16.4 Å². The van der Waals surface area contributed by atoms with Crippen molar-refractivity contribution in [3.8, 4) is 0 Å². The lowest BCUT2D eigenvalue weighted by Crippen LogP contribution is -2.54. The molecule has 2 heterocycles. The summed E-state index contributed by atoms with van der Waals surface area (Å²) in [6.07, 6.45) is 0. The Labute approximate surface area is 186 Å². The fourth-order valence-corrected chi connectivity index (χ4v) is 6.05. The lowest BCUT2D eigenvalue weighted by atomic mass is 10.2. The summed E-state index contributed by atoms with van der Waals surface area (Å²) >= 11 is 12.2. The minimum absolute atomic E-state index is 0.0740. The number of carbonyl (C=O) groups is 1. The SMILES string of the molecule is Cc1nn(C)c(C)c1NC(=O)C(C)N1CCN(S(=O)(=O)c2c(Cl)cccc2Cl)CC1. The molecular formula is C19H25Cl2N5O3S. The molecule has 1 unspecified atom stereocenters. The maximum atomic E-state index is 13.0. The molecule has 2 aromatic rings. The van der Waals surface area contributed by atoms with E-state index in [1.54, 1.807) is 10.7 Å². The average molecular weight is 474 g/mol. The molecule has 0 aliphatic carbocycles. The fraction of sp³-hybridized carbons (Fsp3) is 0.474. The standard InChI is InChI=1S/C19H25Cl2N5O3S/c1-12-17(13(2)24(4)23-12)22-19(27)14(3)25-8-10-26(11-9-25)30(28,29)18-15(20)6-5-7-16(18)21/h5-7,14H,8-11H2,1-4H3,(H,22,27). The quantitative estimate of drug-likeness (QED) is 0.720. The summed E-state index contributed by atoms with van der Waals surface area (Å²) in [6, 6.07) is 4.20. The van der Waals surface area contributed by atoms with E-state index in [1.807, 2.05) is 32.7 Å². The first-order chi connectivity index (χ1) is 14.0. The average Bonchev–Trinajstić information content (AvgIpc) is 2.93. The first-order valence-electron chi connectivity index (χ1n) is 9.53. The van der Waals surface area contributed by atoms with Crippen LogP contribution < -0.4 is 5.32 Å². The number of anilines is 1. The Kier molecular flexibility index (Phi) is 6.78. The lowest BCUT2D eigenvalue weighted by molar-refractivity contribution is -0.121. The molecule has 1 aliphatic heterocycles. The van der Waals surface area contributed by atoms with Crippen molar-refractivity contribution < 1.29 is 13.2 Å². The Morgan fingerprint density at radius 3 is 2.20 bits per heavy atom. The highest BCUT2D eigenvalue weighted by Gasteiger charge is 2.34. The highest BCUT2D eigenvalue weighted by molar-refractivity contribution is 7.89. The van der Waals surface area contributed by atoms with Gasteiger partial charge in [0.1, 0.15) is 4.90 Å². The third kappa shape index (κ3) is 4.36. The molecule has 0 saturated carbocycles. The van der Waals surface area contributed by atoms with E-state index in [4.69, 9.17) is 23.2 Å². The molecule has 3 rings (SSSR count). The van der Waals surface area contributed by atoms with Crippen LogP contribution in [0.15, 0.2) is 23.1 Å². The van der Waals surface area contributed by atoms with Gasteiger partial charge in [-0.2, -0.15) is 9.40 Å². The van der Waals surface area contributed by atoms with Gasteiger partial charge >= 0.3 is 0 Å². The van der Waals surface area contributed by atoms with E-state index in [-0.39, 0.29) is 33.9 Å². The Morgan fingerprint density at radius 1 is 1.13 bits per heavy atom. The Bertz CT molecular complexity index is 1040. The van der Waals surface area contributed by atoms with Crippen LogP contribution in [0.2, 0.25) is 10.0 Å². The van der Waals surface area contributed by atoms with Gasteiger partial charge in [-0.3, -0.25) is 14.4 Å². The number of benzene rings is 1. The van der Waals surface area contributed by atoms with Gasteiger partial charge in [0.05, 0.1) is 33.2 Å². The fourth-order valence-electron chi connectivity index (χ4n) is 3.54. The number of piperazine rings is 1. The van der Waals surface area contributed by atoms with Crippen LogP contribution in [0.3, 0.4) is 0 Å². The molecule has 1 saturated heterocycles. The van der Waals surface area contributed by atoms with Crippen molar-refractivity contribution in [2.45, 2.75) is 31.7 Å². The van der Waals surface area contributed by atoms with Crippen molar-refractivity contribution in [2.75, 3.05) is 31.5 Å². The van der Waals surface area contributed by atoms with E-state index in [0.29, 0.717) is 18.8 Å². The van der Waals surface area contributed by atoms with Crippen molar-refractivity contribution in [1.82, 2.24) is 19.0 Å². The number of halogens is 2. The van der Waals surface area contributed by atoms with E-state index in [0.717, 1.165) is 11.4 Å². The van der Waals surface area contributed by atoms with Gasteiger partial charge in [0.2, 0.25) is 15.9 Å². The molecule has 0 radical (unpaired) electrons. The van der Waals surface area contributed by atoms with Gasteiger partial charge in [-0.05, 0) is 32.9 Å². The molecule has 164 valence electrons. The summed E-state index contributed by atoms with van der Waals surface area (Å²) in [6.45, 7) is 6.87. The highest BCUT2D eigenvalue weighted by atomic mass is 35.5. The number of rotatable bonds is 5. The summed E-state index contributed by atoms with van der Waals surface area (Å²) in [7, 11) is -1.99. The number of nitrogens with one attached hydrogen (secondary N) is 1. The number of nitrogens with zero attached hydrogens (tertiary/aromatic N) is 4. The first-order valence-corrected chi connectivity index (χ1v) is 11.7. The van der Waals surface area contributed by atoms with Crippen LogP contribution in [0.25, 0.3) is 0 Å². The maximum Gasteiger partial charge on any atom is 0.246 e. The van der Waals surface area contributed by atoms with Gasteiger partial charge in [-0.1, -0.05) is 29.3 Å². The normalized spacial score (nSPS) is 17.1. The number of hydrogen-bond acceptors (Lipinski definition) is 5. The van der Waals surface area contributed by atoms with Crippen LogP contribution in [-0.2, 0) is 21.9 Å². The molecule has 8 nitrogen and oxygen atoms in total. The predicted octanol–water partition coefficient (Wildman–Crippen LogP) is 2.68. The molecule has 1 atom stereocenters. The molecule has 1 fully saturated rings. The van der Waals surface area contributed by atoms with E-state index < -0.39 is 16.1 Å². The number of hydrogen-bond donors (Lipinski definition) is 1. The largest absolute Gasteiger partial charge is 0.322 e. The van der Waals surface area contributed by atoms with Gasteiger partial charge < -0.3 is 5.32 Å². The Morgan fingerprint density at radius 2 is 1.70 bits per heavy atom. The van der Waals surface area contributed by atoms with Gasteiger partial charge in [0, 0.05) is 33.2 Å². The van der Waals surface area contributed by atoms with Gasteiger partial charge in [-0.25, -0.2) is 8.42 Å². The molecule has 30 heavy (non-hydrogen) atoms. The van der Waals surface area contributed by atoms with Crippen LogP contribution in [0.5, 0.6) is 0 Å². The second-order valence-electron chi connectivity index (χ2n) is 7.33. The Balaban J connectivity index is 1.67. The zero-order valence-electron chi connectivity index (χ0n) is 17.3. The van der Waals surface area contributed by atoms with Crippen molar-refractivity contribution in [3.05, 3.63) is 39.6 Å². The zero-order valence-corrected chi connectivity index (χ0v) is 19.6. The minimum atomic E-state index is -3.82. The molecule has 1 aliphatic rings. The zero-order chi connectivity index (χ0) is 22.2. The summed E-state index contributed by atoms with van der Waals surface area (Å²) in [5.41, 5.74) is 2.34. The van der Waals surface area contributed by atoms with E-state index >= 15 is 0 Å². The summed E-state index contributed by atoms with van der Waals surface area (Å²) in [5, 5.41) is 7.45. The van der Waals surface area contributed by atoms with Crippen LogP contribution in [0.4, 0.5) is 5.69 Å². The lowest BCUT2D eigenvalue weighted by Gasteiger charge is -2.36. The summed E-state index contributed by atoms with van der Waals surface area (Å²) < 4.78 is 29.1. The molecule has 11 heteroatoms. The molecule has 1 N–H and O–H groups in total. The van der Waals surface area contributed by atoms with E-state index in [9.17, 15) is 13.2 Å². The third-order valence-electron chi connectivity index (χ3n) is 5.47. The number of sulfonamides is 1. The maximum absolute atomic E-state index is 13.0. The first kappa shape index (κ1) is 23.0. The van der Waals surface area contributed by atoms with Crippen LogP contribution in [0.1, 0.15) is 18.3 Å². The highest BCUT2D eigenvalue weighted by Crippen LogP contribution is 2.32. The van der Waals surface area contributed by atoms with Crippen LogP contribution in [0, 0.1) is 13.8 Å². The molecular weight excluding hydrogens is 449 g/mol. The number of aryl methyl sites for hydroxylation is 2. The van der Waals surface area contributed by atoms with Crippen LogP contribution >= 0.6 is 23.2 Å². The molecule has 0 spiro atoms. The molecule has 0 bridgehead atoms. The van der Waals surface area contributed by atoms with Crippen molar-refractivity contribution >= 4 is 44.8 Å². The van der Waals surface area contributed by atoms with Gasteiger partial charge in [-0.15, -0.1) is 0 Å². The topological polar surface area (TPSA) is 87.5 Å². The number of carbonyl (C=O) groups excluding carboxylic acids is 1. The predicted molar refractivity (Wildman–Crippen MR) is 118 cm³/mol. The second kappa shape index (κ2) is 8.84.